The van der Waals surface area contributed by atoms with Crippen molar-refractivity contribution in [2.45, 2.75) is 17.9 Å². The van der Waals surface area contributed by atoms with Crippen LogP contribution in [0.5, 0.6) is 0 Å². The zero-order valence-electron chi connectivity index (χ0n) is 17.0. The highest BCUT2D eigenvalue weighted by atomic mass is 35.5. The molecule has 0 saturated carbocycles. The Kier molecular flexibility index (Phi) is 7.17. The number of sulfonamides is 1. The van der Waals surface area contributed by atoms with Crippen molar-refractivity contribution in [3.63, 3.8) is 0 Å². The molecule has 7 nitrogen and oxygen atoms in total. The van der Waals surface area contributed by atoms with Crippen LogP contribution in [0.2, 0.25) is 5.02 Å². The van der Waals surface area contributed by atoms with E-state index in [0.717, 1.165) is 16.5 Å². The van der Waals surface area contributed by atoms with Gasteiger partial charge < -0.3 is 16.2 Å². The number of nitrogens with one attached hydrogen (secondary N) is 2. The molecule has 0 fully saturated rings. The monoisotopic (exact) mass is 460 g/mol. The van der Waals surface area contributed by atoms with Crippen LogP contribution in [0, 0.1) is 5.41 Å². The van der Waals surface area contributed by atoms with Crippen LogP contribution in [0.4, 0.5) is 5.69 Å². The Morgan fingerprint density at radius 3 is 2.42 bits per heavy atom. The normalized spacial score (nSPS) is 12.8. The molecule has 0 aliphatic heterocycles. The molecule has 0 saturated heterocycles. The van der Waals surface area contributed by atoms with Gasteiger partial charge in [0.2, 0.25) is 10.0 Å². The zero-order valence-corrected chi connectivity index (χ0v) is 18.6. The van der Waals surface area contributed by atoms with Crippen molar-refractivity contribution in [1.29, 1.82) is 5.41 Å². The van der Waals surface area contributed by atoms with Crippen LogP contribution in [-0.2, 0) is 10.0 Å². The first-order valence-electron chi connectivity index (χ1n) is 9.76. The fourth-order valence-electron chi connectivity index (χ4n) is 3.20. The molecule has 0 aliphatic carbocycles. The minimum atomic E-state index is -3.77. The van der Waals surface area contributed by atoms with Gasteiger partial charge in [0.1, 0.15) is 5.84 Å². The average Bonchev–Trinajstić information content (AvgIpc) is 2.75. The molecule has 9 heteroatoms. The highest BCUT2D eigenvalue weighted by Gasteiger charge is 2.25. The summed E-state index contributed by atoms with van der Waals surface area (Å²) in [5.41, 5.74) is 6.78. The second kappa shape index (κ2) is 9.65. The molecule has 164 valence electrons. The number of aliphatic hydroxyl groups is 1. The van der Waals surface area contributed by atoms with Crippen LogP contribution in [-0.4, -0.2) is 49.4 Å². The number of hydrogen-bond acceptors (Lipinski definition) is 5. The number of rotatable bonds is 9. The molecule has 0 radical (unpaired) electrons. The van der Waals surface area contributed by atoms with E-state index in [2.05, 4.69) is 5.32 Å². The fourth-order valence-corrected chi connectivity index (χ4v) is 4.91. The lowest BCUT2D eigenvalue weighted by Crippen LogP contribution is -2.39. The van der Waals surface area contributed by atoms with Crippen molar-refractivity contribution >= 4 is 43.9 Å². The van der Waals surface area contributed by atoms with Crippen LogP contribution < -0.4 is 11.1 Å². The third-order valence-corrected chi connectivity index (χ3v) is 7.09. The molecule has 0 aromatic heterocycles. The lowest BCUT2D eigenvalue weighted by molar-refractivity contribution is 0.159. The molecule has 0 aliphatic rings. The molecule has 0 bridgehead atoms. The summed E-state index contributed by atoms with van der Waals surface area (Å²) in [4.78, 5) is 0.171. The van der Waals surface area contributed by atoms with Gasteiger partial charge in [-0.2, -0.15) is 4.31 Å². The van der Waals surface area contributed by atoms with Crippen LogP contribution in [0.15, 0.2) is 65.6 Å². The Hall–Kier alpha value is -2.65. The number of hydrogen-bond donors (Lipinski definition) is 4. The van der Waals surface area contributed by atoms with Gasteiger partial charge in [0.25, 0.3) is 0 Å². The number of nitrogens with zero attached hydrogens (tertiary/aromatic N) is 1. The number of nitrogens with two attached hydrogens (primary N) is 1. The van der Waals surface area contributed by atoms with E-state index < -0.39 is 16.1 Å². The lowest BCUT2D eigenvalue weighted by Gasteiger charge is -2.24. The van der Waals surface area contributed by atoms with Gasteiger partial charge in [-0.25, -0.2) is 8.42 Å². The predicted molar refractivity (Wildman–Crippen MR) is 125 cm³/mol. The van der Waals surface area contributed by atoms with E-state index in [-0.39, 0.29) is 30.4 Å². The van der Waals surface area contributed by atoms with Crippen molar-refractivity contribution in [2.24, 2.45) is 5.73 Å². The Morgan fingerprint density at radius 2 is 1.77 bits per heavy atom. The van der Waals surface area contributed by atoms with Crippen molar-refractivity contribution in [2.75, 3.05) is 25.0 Å². The SMILES string of the molecule is CCN(CC(O)CNc1ccc(C(=N)N)cc1)S(=O)(=O)c1ccc2cc(Cl)ccc2c1. The minimum Gasteiger partial charge on any atom is -0.390 e. The van der Waals surface area contributed by atoms with Crippen molar-refractivity contribution < 1.29 is 13.5 Å². The lowest BCUT2D eigenvalue weighted by atomic mass is 10.1. The largest absolute Gasteiger partial charge is 0.390 e. The number of halogens is 1. The molecule has 1 unspecified atom stereocenters. The third-order valence-electron chi connectivity index (χ3n) is 4.92. The number of fused-ring (bicyclic) bond motifs is 1. The summed E-state index contributed by atoms with van der Waals surface area (Å²) in [6, 6.07) is 17.1. The van der Waals surface area contributed by atoms with E-state index in [1.54, 1.807) is 67.6 Å². The van der Waals surface area contributed by atoms with Gasteiger partial charge >= 0.3 is 0 Å². The van der Waals surface area contributed by atoms with Gasteiger partial charge in [-0.05, 0) is 59.3 Å². The molecule has 0 heterocycles. The zero-order chi connectivity index (χ0) is 22.6. The highest BCUT2D eigenvalue weighted by molar-refractivity contribution is 7.89. The van der Waals surface area contributed by atoms with E-state index >= 15 is 0 Å². The summed E-state index contributed by atoms with van der Waals surface area (Å²) in [7, 11) is -3.77. The maximum atomic E-state index is 13.1. The Balaban J connectivity index is 1.68. The first kappa shape index (κ1) is 23.0. The van der Waals surface area contributed by atoms with Crippen LogP contribution in [0.25, 0.3) is 10.8 Å². The van der Waals surface area contributed by atoms with Crippen molar-refractivity contribution in [1.82, 2.24) is 4.31 Å². The number of amidine groups is 1. The summed E-state index contributed by atoms with van der Waals surface area (Å²) >= 11 is 6.00. The molecule has 5 N–H and O–H groups in total. The Labute approximate surface area is 187 Å². The number of aliphatic hydroxyl groups excluding tert-OH is 1. The highest BCUT2D eigenvalue weighted by Crippen LogP contribution is 2.24. The topological polar surface area (TPSA) is 120 Å². The fraction of sp³-hybridized carbons (Fsp3) is 0.227. The van der Waals surface area contributed by atoms with Crippen LogP contribution in [0.3, 0.4) is 0 Å². The van der Waals surface area contributed by atoms with E-state index in [1.807, 2.05) is 0 Å². The van der Waals surface area contributed by atoms with Gasteiger partial charge in [-0.15, -0.1) is 0 Å². The molecular formula is C22H25ClN4O3S. The number of likely N-dealkylation sites (N-methyl/N-ethyl adjacent to an activating group) is 1. The predicted octanol–water partition coefficient (Wildman–Crippen LogP) is 3.26. The van der Waals surface area contributed by atoms with Crippen molar-refractivity contribution in [3.05, 3.63) is 71.2 Å². The smallest absolute Gasteiger partial charge is 0.243 e. The van der Waals surface area contributed by atoms with Crippen LogP contribution >= 0.6 is 11.6 Å². The standard InChI is InChI=1S/C22H25ClN4O3S/c1-2-27(14-20(28)13-26-19-8-4-15(5-9-19)22(24)25)31(29,30)21-10-6-16-11-18(23)7-3-17(16)12-21/h3-12,20,26,28H,2,13-14H2,1H3,(H3,24,25). The molecule has 0 amide bonds. The minimum absolute atomic E-state index is 0.0211. The first-order valence-corrected chi connectivity index (χ1v) is 11.6. The van der Waals surface area contributed by atoms with E-state index in [1.165, 1.54) is 4.31 Å². The number of anilines is 1. The van der Waals surface area contributed by atoms with E-state index in [9.17, 15) is 13.5 Å². The second-order valence-corrected chi connectivity index (χ2v) is 9.51. The molecule has 3 aromatic carbocycles. The molecule has 31 heavy (non-hydrogen) atoms. The van der Waals surface area contributed by atoms with Crippen molar-refractivity contribution in [3.8, 4) is 0 Å². The van der Waals surface area contributed by atoms with Gasteiger partial charge in [0.05, 0.1) is 11.0 Å². The molecule has 0 spiro atoms. The summed E-state index contributed by atoms with van der Waals surface area (Å²) < 4.78 is 27.5. The molecule has 3 rings (SSSR count). The quantitative estimate of drug-likeness (QED) is 0.288. The van der Waals surface area contributed by atoms with Gasteiger partial charge in [0.15, 0.2) is 0 Å². The Morgan fingerprint density at radius 1 is 1.13 bits per heavy atom. The van der Waals surface area contributed by atoms with E-state index in [0.29, 0.717) is 10.6 Å². The second-order valence-electron chi connectivity index (χ2n) is 7.13. The van der Waals surface area contributed by atoms with Crippen LogP contribution in [0.1, 0.15) is 12.5 Å². The maximum absolute atomic E-state index is 13.1. The summed E-state index contributed by atoms with van der Waals surface area (Å²) in [5, 5.41) is 23.1. The number of nitrogen functional groups attached to an aromatic ring is 1. The number of benzene rings is 3. The van der Waals surface area contributed by atoms with Gasteiger partial charge in [-0.1, -0.05) is 30.7 Å². The summed E-state index contributed by atoms with van der Waals surface area (Å²) in [6.07, 6.45) is -0.915. The van der Waals surface area contributed by atoms with E-state index in [4.69, 9.17) is 22.7 Å². The summed E-state index contributed by atoms with van der Waals surface area (Å²) in [5.74, 6) is -0.0211. The molecule has 3 aromatic rings. The Bertz CT molecular complexity index is 1180. The van der Waals surface area contributed by atoms with Gasteiger partial charge in [0, 0.05) is 35.9 Å². The van der Waals surface area contributed by atoms with Gasteiger partial charge in [-0.3, -0.25) is 5.41 Å². The average molecular weight is 461 g/mol. The first-order chi connectivity index (χ1) is 14.7. The molecule has 1 atom stereocenters. The summed E-state index contributed by atoms with van der Waals surface area (Å²) in [6.45, 7) is 2.09. The third kappa shape index (κ3) is 5.54. The molecular weight excluding hydrogens is 436 g/mol. The maximum Gasteiger partial charge on any atom is 0.243 e.